The van der Waals surface area contributed by atoms with Crippen molar-refractivity contribution < 1.29 is 28.6 Å². The van der Waals surface area contributed by atoms with Crippen LogP contribution in [0.5, 0.6) is 0 Å². The lowest BCUT2D eigenvalue weighted by Crippen LogP contribution is -2.30. The zero-order valence-corrected chi connectivity index (χ0v) is 51.9. The highest BCUT2D eigenvalue weighted by atomic mass is 16.6. The normalized spacial score (nSPS) is 12.5. The van der Waals surface area contributed by atoms with Gasteiger partial charge in [0, 0.05) is 19.3 Å². The molecule has 0 aromatic rings. The molecule has 0 spiro atoms. The number of hydrogen-bond acceptors (Lipinski definition) is 6. The van der Waals surface area contributed by atoms with Crippen LogP contribution >= 0.6 is 0 Å². The van der Waals surface area contributed by atoms with Gasteiger partial charge in [0.05, 0.1) is 0 Å². The second kappa shape index (κ2) is 66.4. The molecule has 78 heavy (non-hydrogen) atoms. The maximum Gasteiger partial charge on any atom is 0.306 e. The molecule has 0 aliphatic rings. The van der Waals surface area contributed by atoms with E-state index in [2.05, 4.69) is 93.7 Å². The van der Waals surface area contributed by atoms with Gasteiger partial charge in [-0.1, -0.05) is 318 Å². The van der Waals surface area contributed by atoms with Crippen molar-refractivity contribution in [3.63, 3.8) is 0 Å². The molecule has 1 atom stereocenters. The quantitative estimate of drug-likeness (QED) is 0.0261. The molecule has 0 heterocycles. The monoisotopic (exact) mass is 1090 g/mol. The van der Waals surface area contributed by atoms with E-state index in [-0.39, 0.29) is 37.5 Å². The molecule has 0 radical (unpaired) electrons. The van der Waals surface area contributed by atoms with Gasteiger partial charge >= 0.3 is 17.9 Å². The summed E-state index contributed by atoms with van der Waals surface area (Å²) in [6, 6.07) is 0. The molecular formula is C72H128O6. The minimum absolute atomic E-state index is 0.0940. The van der Waals surface area contributed by atoms with Crippen molar-refractivity contribution in [3.05, 3.63) is 72.9 Å². The molecule has 0 N–H and O–H groups in total. The van der Waals surface area contributed by atoms with Crippen LogP contribution in [0.4, 0.5) is 0 Å². The third-order valence-corrected chi connectivity index (χ3v) is 14.9. The smallest absolute Gasteiger partial charge is 0.306 e. The Hall–Kier alpha value is -3.15. The van der Waals surface area contributed by atoms with Gasteiger partial charge in [-0.3, -0.25) is 14.4 Å². The van der Waals surface area contributed by atoms with Crippen LogP contribution in [0, 0.1) is 0 Å². The van der Waals surface area contributed by atoms with Gasteiger partial charge < -0.3 is 14.2 Å². The molecule has 452 valence electrons. The topological polar surface area (TPSA) is 78.9 Å². The summed E-state index contributed by atoms with van der Waals surface area (Å²) in [6.07, 6.45) is 86.5. The number of carbonyl (C=O) groups excluding carboxylic acids is 3. The lowest BCUT2D eigenvalue weighted by molar-refractivity contribution is -0.167. The Morgan fingerprint density at radius 2 is 0.513 bits per heavy atom. The highest BCUT2D eigenvalue weighted by molar-refractivity contribution is 5.71. The van der Waals surface area contributed by atoms with Crippen molar-refractivity contribution in [1.82, 2.24) is 0 Å². The number of allylic oxidation sites excluding steroid dienone is 12. The van der Waals surface area contributed by atoms with Gasteiger partial charge in [-0.25, -0.2) is 0 Å². The summed E-state index contributed by atoms with van der Waals surface area (Å²) >= 11 is 0. The minimum atomic E-state index is -0.804. The van der Waals surface area contributed by atoms with Gasteiger partial charge in [-0.15, -0.1) is 0 Å². The molecule has 0 rings (SSSR count). The third-order valence-electron chi connectivity index (χ3n) is 14.9. The van der Waals surface area contributed by atoms with E-state index in [0.717, 1.165) is 77.0 Å². The van der Waals surface area contributed by atoms with Crippen LogP contribution in [0.3, 0.4) is 0 Å². The third kappa shape index (κ3) is 63.7. The molecule has 0 aliphatic heterocycles. The number of unbranched alkanes of at least 4 members (excludes halogenated alkanes) is 39. The molecule has 0 amide bonds. The Bertz CT molecular complexity index is 1440. The Morgan fingerprint density at radius 3 is 0.833 bits per heavy atom. The average molecular weight is 1090 g/mol. The minimum Gasteiger partial charge on any atom is -0.462 e. The summed E-state index contributed by atoms with van der Waals surface area (Å²) < 4.78 is 16.9. The summed E-state index contributed by atoms with van der Waals surface area (Å²) in [5.74, 6) is -0.934. The van der Waals surface area contributed by atoms with Crippen molar-refractivity contribution in [2.24, 2.45) is 0 Å². The van der Waals surface area contributed by atoms with E-state index in [4.69, 9.17) is 14.2 Å². The fourth-order valence-corrected chi connectivity index (χ4v) is 9.89. The number of carbonyl (C=O) groups is 3. The van der Waals surface area contributed by atoms with Crippen LogP contribution in [0.25, 0.3) is 0 Å². The maximum atomic E-state index is 12.9. The van der Waals surface area contributed by atoms with E-state index in [1.807, 2.05) is 0 Å². The zero-order valence-electron chi connectivity index (χ0n) is 51.9. The van der Waals surface area contributed by atoms with Gasteiger partial charge in [0.25, 0.3) is 0 Å². The molecule has 0 aromatic heterocycles. The lowest BCUT2D eigenvalue weighted by Gasteiger charge is -2.18. The van der Waals surface area contributed by atoms with E-state index in [1.54, 1.807) is 0 Å². The summed E-state index contributed by atoms with van der Waals surface area (Å²) in [4.78, 5) is 38.3. The first kappa shape index (κ1) is 74.8. The molecule has 6 heteroatoms. The standard InChI is InChI=1S/C72H128O6/c1-4-7-10-13-16-19-22-25-28-30-31-32-33-34-35-36-37-38-39-40-41-43-44-47-50-53-56-59-62-65-71(74)77-68-69(67-76-70(73)64-61-58-55-52-49-46-27-24-21-18-15-12-9-6-3)78-72(75)66-63-60-57-54-51-48-45-42-29-26-23-20-17-14-11-8-5-2/h8,11,17,20,26,29-31,45,48,54,57,69H,4-7,9-10,12-16,18-19,21-25,27-28,32-44,46-47,49-53,55-56,58-68H2,1-3H3/b11-8-,20-17-,29-26-,31-30-,48-45-,57-54-. The molecule has 0 saturated carbocycles. The molecule has 0 saturated heterocycles. The molecule has 1 unspecified atom stereocenters. The van der Waals surface area contributed by atoms with E-state index >= 15 is 0 Å². The predicted molar refractivity (Wildman–Crippen MR) is 339 cm³/mol. The van der Waals surface area contributed by atoms with Crippen LogP contribution in [-0.4, -0.2) is 37.2 Å². The summed E-state index contributed by atoms with van der Waals surface area (Å²) in [5, 5.41) is 0. The van der Waals surface area contributed by atoms with Crippen LogP contribution in [0.2, 0.25) is 0 Å². The van der Waals surface area contributed by atoms with Gasteiger partial charge in [-0.2, -0.15) is 0 Å². The summed E-state index contributed by atoms with van der Waals surface area (Å²) in [6.45, 7) is 6.53. The Labute approximate surface area is 484 Å². The van der Waals surface area contributed by atoms with E-state index in [9.17, 15) is 14.4 Å². The Morgan fingerprint density at radius 1 is 0.269 bits per heavy atom. The number of hydrogen-bond donors (Lipinski definition) is 0. The van der Waals surface area contributed by atoms with Crippen LogP contribution < -0.4 is 0 Å². The first-order valence-electron chi connectivity index (χ1n) is 33.9. The second-order valence-electron chi connectivity index (χ2n) is 22.7. The number of esters is 3. The first-order valence-corrected chi connectivity index (χ1v) is 33.9. The summed E-state index contributed by atoms with van der Waals surface area (Å²) in [7, 11) is 0. The molecule has 0 aliphatic carbocycles. The van der Waals surface area contributed by atoms with Crippen molar-refractivity contribution in [2.45, 2.75) is 354 Å². The second-order valence-corrected chi connectivity index (χ2v) is 22.7. The van der Waals surface area contributed by atoms with Gasteiger partial charge in [-0.05, 0) is 83.5 Å². The van der Waals surface area contributed by atoms with Crippen molar-refractivity contribution in [3.8, 4) is 0 Å². The highest BCUT2D eigenvalue weighted by Crippen LogP contribution is 2.18. The van der Waals surface area contributed by atoms with Crippen LogP contribution in [0.15, 0.2) is 72.9 Å². The van der Waals surface area contributed by atoms with Gasteiger partial charge in [0.1, 0.15) is 13.2 Å². The molecule has 0 fully saturated rings. The predicted octanol–water partition coefficient (Wildman–Crippen LogP) is 23.3. The fraction of sp³-hybridized carbons (Fsp3) is 0.792. The largest absolute Gasteiger partial charge is 0.462 e. The zero-order chi connectivity index (χ0) is 56.4. The first-order chi connectivity index (χ1) is 38.5. The Balaban J connectivity index is 4.26. The molecule has 0 aromatic carbocycles. The van der Waals surface area contributed by atoms with Crippen molar-refractivity contribution >= 4 is 17.9 Å². The maximum absolute atomic E-state index is 12.9. The summed E-state index contributed by atoms with van der Waals surface area (Å²) in [5.41, 5.74) is 0. The van der Waals surface area contributed by atoms with Crippen LogP contribution in [-0.2, 0) is 28.6 Å². The number of rotatable bonds is 62. The van der Waals surface area contributed by atoms with E-state index < -0.39 is 6.10 Å². The van der Waals surface area contributed by atoms with Crippen molar-refractivity contribution in [2.75, 3.05) is 13.2 Å². The van der Waals surface area contributed by atoms with Crippen molar-refractivity contribution in [1.29, 1.82) is 0 Å². The van der Waals surface area contributed by atoms with Gasteiger partial charge in [0.15, 0.2) is 6.10 Å². The van der Waals surface area contributed by atoms with E-state index in [0.29, 0.717) is 19.3 Å². The molecule has 0 bridgehead atoms. The molecule has 6 nitrogen and oxygen atoms in total. The van der Waals surface area contributed by atoms with Gasteiger partial charge in [0.2, 0.25) is 0 Å². The Kier molecular flexibility index (Phi) is 63.7. The van der Waals surface area contributed by atoms with E-state index in [1.165, 1.54) is 225 Å². The highest BCUT2D eigenvalue weighted by Gasteiger charge is 2.19. The lowest BCUT2D eigenvalue weighted by atomic mass is 10.0. The SMILES string of the molecule is CC/C=C\C/C=C\C/C=C\C/C=C\C/C=C\CCCC(=O)OC(COC(=O)CCCCCCCCCCCCCCCC)COC(=O)CCCCCCCCCCCCCCCCCCC/C=C\CCCCCCCCCC. The average Bonchev–Trinajstić information content (AvgIpc) is 3.44. The number of ether oxygens (including phenoxy) is 3. The van der Waals surface area contributed by atoms with Crippen LogP contribution in [0.1, 0.15) is 348 Å². The molecular weight excluding hydrogens is 961 g/mol. The fourth-order valence-electron chi connectivity index (χ4n) is 9.89.